The molecule has 1 fully saturated rings. The van der Waals surface area contributed by atoms with E-state index in [1.165, 1.54) is 0 Å². The van der Waals surface area contributed by atoms with Crippen LogP contribution in [0.15, 0.2) is 54.6 Å². The number of nitrogens with one attached hydrogen (secondary N) is 1. The Morgan fingerprint density at radius 2 is 1.75 bits per heavy atom. The van der Waals surface area contributed by atoms with Gasteiger partial charge in [-0.15, -0.1) is 0 Å². The molecule has 0 bridgehead atoms. The maximum Gasteiger partial charge on any atom is 0.227 e. The first-order valence-electron chi connectivity index (χ1n) is 8.32. The maximum atomic E-state index is 12.4. The normalized spacial score (nSPS) is 15.6. The van der Waals surface area contributed by atoms with Crippen molar-refractivity contribution in [2.24, 2.45) is 5.92 Å². The molecule has 1 N–H and O–H groups in total. The number of para-hydroxylation sites is 1. The molecule has 3 rings (SSSR count). The highest BCUT2D eigenvalue weighted by Gasteiger charge is 2.25. The van der Waals surface area contributed by atoms with Gasteiger partial charge in [0.15, 0.2) is 0 Å². The monoisotopic (exact) mass is 319 g/mol. The lowest BCUT2D eigenvalue weighted by Crippen LogP contribution is -2.37. The van der Waals surface area contributed by atoms with Gasteiger partial charge in [-0.3, -0.25) is 9.69 Å². The average Bonchev–Trinajstić information content (AvgIpc) is 2.63. The summed E-state index contributed by atoms with van der Waals surface area (Å²) in [5.41, 5.74) is 2.65. The van der Waals surface area contributed by atoms with Crippen molar-refractivity contribution >= 4 is 11.6 Å². The van der Waals surface area contributed by atoms with Gasteiger partial charge in [0.1, 0.15) is 0 Å². The van der Waals surface area contributed by atoms with Crippen molar-refractivity contribution in [2.75, 3.05) is 18.4 Å². The predicted octanol–water partition coefficient (Wildman–Crippen LogP) is 3.41. The van der Waals surface area contributed by atoms with Gasteiger partial charge in [-0.05, 0) is 49.7 Å². The molecular formula is C20H21N3O. The van der Waals surface area contributed by atoms with E-state index in [4.69, 9.17) is 0 Å². The molecule has 24 heavy (non-hydrogen) atoms. The van der Waals surface area contributed by atoms with Crippen LogP contribution in [0.5, 0.6) is 0 Å². The van der Waals surface area contributed by atoms with Crippen LogP contribution in [-0.4, -0.2) is 23.9 Å². The van der Waals surface area contributed by atoms with Gasteiger partial charge >= 0.3 is 0 Å². The fourth-order valence-electron chi connectivity index (χ4n) is 3.13. The van der Waals surface area contributed by atoms with Crippen molar-refractivity contribution in [3.63, 3.8) is 0 Å². The van der Waals surface area contributed by atoms with Crippen molar-refractivity contribution in [3.05, 3.63) is 65.7 Å². The number of amides is 1. The predicted molar refractivity (Wildman–Crippen MR) is 94.2 cm³/mol. The molecule has 1 heterocycles. The van der Waals surface area contributed by atoms with Crippen molar-refractivity contribution in [1.82, 2.24) is 4.90 Å². The molecule has 0 atom stereocenters. The second kappa shape index (κ2) is 7.76. The van der Waals surface area contributed by atoms with Crippen molar-refractivity contribution < 1.29 is 4.79 Å². The molecule has 4 nitrogen and oxygen atoms in total. The van der Waals surface area contributed by atoms with Crippen LogP contribution >= 0.6 is 0 Å². The zero-order valence-corrected chi connectivity index (χ0v) is 13.6. The largest absolute Gasteiger partial charge is 0.326 e. The molecule has 0 spiro atoms. The van der Waals surface area contributed by atoms with Gasteiger partial charge in [0.25, 0.3) is 0 Å². The smallest absolute Gasteiger partial charge is 0.227 e. The summed E-state index contributed by atoms with van der Waals surface area (Å²) in [6.45, 7) is 2.54. The summed E-state index contributed by atoms with van der Waals surface area (Å²) in [6.07, 6.45) is 1.71. The molecule has 1 saturated heterocycles. The number of carbonyl (C=O) groups excluding carboxylic acids is 1. The lowest BCUT2D eigenvalue weighted by Gasteiger charge is -2.31. The lowest BCUT2D eigenvalue weighted by molar-refractivity contribution is -0.121. The van der Waals surface area contributed by atoms with E-state index in [9.17, 15) is 10.1 Å². The topological polar surface area (TPSA) is 56.1 Å². The number of rotatable bonds is 4. The maximum absolute atomic E-state index is 12.4. The molecule has 2 aromatic rings. The van der Waals surface area contributed by atoms with Crippen LogP contribution < -0.4 is 5.32 Å². The van der Waals surface area contributed by atoms with Crippen LogP contribution in [-0.2, 0) is 11.3 Å². The van der Waals surface area contributed by atoms with Gasteiger partial charge in [0.2, 0.25) is 5.91 Å². The van der Waals surface area contributed by atoms with E-state index in [1.807, 2.05) is 54.6 Å². The Hall–Kier alpha value is -2.64. The first kappa shape index (κ1) is 16.2. The van der Waals surface area contributed by atoms with Crippen LogP contribution in [0.1, 0.15) is 24.0 Å². The molecule has 0 aromatic heterocycles. The SMILES string of the molecule is N#Cc1ccccc1CN1CCC(C(=O)Nc2ccccc2)CC1. The highest BCUT2D eigenvalue weighted by Crippen LogP contribution is 2.21. The van der Waals surface area contributed by atoms with Crippen molar-refractivity contribution in [2.45, 2.75) is 19.4 Å². The van der Waals surface area contributed by atoms with E-state index in [-0.39, 0.29) is 11.8 Å². The van der Waals surface area contributed by atoms with Crippen LogP contribution in [0.4, 0.5) is 5.69 Å². The van der Waals surface area contributed by atoms with Crippen molar-refractivity contribution in [1.29, 1.82) is 5.26 Å². The molecule has 0 saturated carbocycles. The van der Waals surface area contributed by atoms with Crippen LogP contribution in [0.2, 0.25) is 0 Å². The Kier molecular flexibility index (Phi) is 5.25. The Labute approximate surface area is 142 Å². The number of hydrogen-bond acceptors (Lipinski definition) is 3. The fourth-order valence-corrected chi connectivity index (χ4v) is 3.13. The first-order valence-corrected chi connectivity index (χ1v) is 8.32. The molecule has 4 heteroatoms. The number of piperidine rings is 1. The molecule has 0 radical (unpaired) electrons. The van der Waals surface area contributed by atoms with Gasteiger partial charge < -0.3 is 5.32 Å². The van der Waals surface area contributed by atoms with Gasteiger partial charge in [-0.2, -0.15) is 5.26 Å². The first-order chi connectivity index (χ1) is 11.8. The van der Waals surface area contributed by atoms with E-state index in [1.54, 1.807) is 0 Å². The zero-order chi connectivity index (χ0) is 16.8. The number of anilines is 1. The van der Waals surface area contributed by atoms with E-state index in [0.29, 0.717) is 0 Å². The molecule has 2 aromatic carbocycles. The van der Waals surface area contributed by atoms with Gasteiger partial charge in [0, 0.05) is 18.2 Å². The fraction of sp³-hybridized carbons (Fsp3) is 0.300. The van der Waals surface area contributed by atoms with E-state index in [2.05, 4.69) is 16.3 Å². The third-order valence-electron chi connectivity index (χ3n) is 4.53. The highest BCUT2D eigenvalue weighted by atomic mass is 16.1. The Bertz CT molecular complexity index is 728. The Morgan fingerprint density at radius 1 is 1.08 bits per heavy atom. The number of benzene rings is 2. The summed E-state index contributed by atoms with van der Waals surface area (Å²) in [5, 5.41) is 12.2. The summed E-state index contributed by atoms with van der Waals surface area (Å²) in [6, 6.07) is 19.6. The van der Waals surface area contributed by atoms with E-state index >= 15 is 0 Å². The number of likely N-dealkylation sites (tertiary alicyclic amines) is 1. The molecule has 0 unspecified atom stereocenters. The van der Waals surface area contributed by atoms with Crippen LogP contribution in [0.3, 0.4) is 0 Å². The van der Waals surface area contributed by atoms with Gasteiger partial charge in [0.05, 0.1) is 11.6 Å². The minimum absolute atomic E-state index is 0.0627. The second-order valence-electron chi connectivity index (χ2n) is 6.17. The Balaban J connectivity index is 1.52. The number of nitriles is 1. The third-order valence-corrected chi connectivity index (χ3v) is 4.53. The second-order valence-corrected chi connectivity index (χ2v) is 6.17. The third kappa shape index (κ3) is 4.01. The number of carbonyl (C=O) groups is 1. The average molecular weight is 319 g/mol. The van der Waals surface area contributed by atoms with Crippen LogP contribution in [0.25, 0.3) is 0 Å². The molecule has 1 amide bonds. The summed E-state index contributed by atoms with van der Waals surface area (Å²) in [5.74, 6) is 0.172. The highest BCUT2D eigenvalue weighted by molar-refractivity contribution is 5.92. The molecule has 1 aliphatic heterocycles. The zero-order valence-electron chi connectivity index (χ0n) is 13.6. The standard InChI is InChI=1S/C20H21N3O/c21-14-17-6-4-5-7-18(17)15-23-12-10-16(11-13-23)20(24)22-19-8-2-1-3-9-19/h1-9,16H,10-13,15H2,(H,22,24). The summed E-state index contributed by atoms with van der Waals surface area (Å²) >= 11 is 0. The minimum Gasteiger partial charge on any atom is -0.326 e. The van der Waals surface area contributed by atoms with Crippen molar-refractivity contribution in [3.8, 4) is 6.07 Å². The number of hydrogen-bond donors (Lipinski definition) is 1. The molecule has 1 aliphatic rings. The van der Waals surface area contributed by atoms with E-state index < -0.39 is 0 Å². The van der Waals surface area contributed by atoms with Gasteiger partial charge in [-0.1, -0.05) is 36.4 Å². The minimum atomic E-state index is 0.0627. The quantitative estimate of drug-likeness (QED) is 0.939. The molecular weight excluding hydrogens is 298 g/mol. The number of nitrogens with zero attached hydrogens (tertiary/aromatic N) is 2. The lowest BCUT2D eigenvalue weighted by atomic mass is 9.95. The van der Waals surface area contributed by atoms with Crippen LogP contribution in [0, 0.1) is 17.2 Å². The summed E-state index contributed by atoms with van der Waals surface area (Å²) in [4.78, 5) is 14.7. The molecule has 0 aliphatic carbocycles. The molecule has 122 valence electrons. The summed E-state index contributed by atoms with van der Waals surface area (Å²) in [7, 11) is 0. The van der Waals surface area contributed by atoms with Gasteiger partial charge in [-0.25, -0.2) is 0 Å². The Morgan fingerprint density at radius 3 is 2.46 bits per heavy atom. The summed E-state index contributed by atoms with van der Waals surface area (Å²) < 4.78 is 0. The van der Waals surface area contributed by atoms with E-state index in [0.717, 1.165) is 49.3 Å².